The normalized spacial score (nSPS) is 12.1. The molecule has 15 heavy (non-hydrogen) atoms. The minimum Gasteiger partial charge on any atom is -0.243 e. The zero-order valence-electron chi connectivity index (χ0n) is 6.92. The third-order valence-corrected chi connectivity index (χ3v) is 4.04. The molecule has 2 N–H and O–H groups in total. The number of rotatable bonds is 2. The van der Waals surface area contributed by atoms with Gasteiger partial charge < -0.3 is 0 Å². The molecule has 0 aliphatic rings. The number of pyridine rings is 1. The van der Waals surface area contributed by atoms with Crippen LogP contribution in [0.15, 0.2) is 15.6 Å². The van der Waals surface area contributed by atoms with Crippen molar-refractivity contribution in [2.75, 3.05) is 0 Å². The molecule has 1 aromatic heterocycles. The molecule has 0 spiro atoms. The Morgan fingerprint density at radius 2 is 2.07 bits per heavy atom. The van der Waals surface area contributed by atoms with Gasteiger partial charge in [0.1, 0.15) is 10.0 Å². The van der Waals surface area contributed by atoms with Gasteiger partial charge in [0.15, 0.2) is 0 Å². The predicted molar refractivity (Wildman–Crippen MR) is 53.3 cm³/mol. The lowest BCUT2D eigenvalue weighted by Crippen LogP contribution is -2.16. The first-order valence-corrected chi connectivity index (χ1v) is 6.11. The Kier molecular flexibility index (Phi) is 3.64. The molecule has 1 aromatic rings. The lowest BCUT2D eigenvalue weighted by molar-refractivity contribution is 0.147. The molecule has 0 aromatic carbocycles. The van der Waals surface area contributed by atoms with Crippen LogP contribution in [0.2, 0.25) is 5.15 Å². The van der Waals surface area contributed by atoms with E-state index in [1.807, 2.05) is 0 Å². The second-order valence-corrected chi connectivity index (χ2v) is 5.14. The van der Waals surface area contributed by atoms with Crippen LogP contribution >= 0.6 is 27.5 Å². The number of halogens is 4. The summed E-state index contributed by atoms with van der Waals surface area (Å²) >= 11 is 8.22. The molecule has 0 aliphatic heterocycles. The van der Waals surface area contributed by atoms with E-state index in [0.29, 0.717) is 6.20 Å². The van der Waals surface area contributed by atoms with E-state index in [9.17, 15) is 17.2 Å². The summed E-state index contributed by atoms with van der Waals surface area (Å²) < 4.78 is 46.8. The van der Waals surface area contributed by atoms with Crippen molar-refractivity contribution in [3.05, 3.63) is 21.4 Å². The van der Waals surface area contributed by atoms with Crippen LogP contribution in [0, 0.1) is 0 Å². The number of nitrogens with zero attached hydrogens (tertiary/aromatic N) is 1. The van der Waals surface area contributed by atoms with E-state index in [0.717, 1.165) is 0 Å². The van der Waals surface area contributed by atoms with E-state index in [-0.39, 0.29) is 9.63 Å². The Morgan fingerprint density at radius 3 is 2.47 bits per heavy atom. The van der Waals surface area contributed by atoms with Gasteiger partial charge in [-0.1, -0.05) is 11.6 Å². The van der Waals surface area contributed by atoms with Crippen molar-refractivity contribution in [2.45, 2.75) is 11.3 Å². The third-order valence-electron chi connectivity index (χ3n) is 1.48. The Hall–Kier alpha value is -0.310. The molecule has 9 heteroatoms. The summed E-state index contributed by atoms with van der Waals surface area (Å²) in [6, 6.07) is 0. The van der Waals surface area contributed by atoms with Gasteiger partial charge in [-0.2, -0.15) is 0 Å². The van der Waals surface area contributed by atoms with E-state index in [2.05, 4.69) is 20.9 Å². The fourth-order valence-electron chi connectivity index (χ4n) is 0.907. The highest BCUT2D eigenvalue weighted by molar-refractivity contribution is 9.10. The van der Waals surface area contributed by atoms with Crippen molar-refractivity contribution in [2.24, 2.45) is 5.14 Å². The highest BCUT2D eigenvalue weighted by atomic mass is 79.9. The number of sulfonamides is 1. The molecule has 0 radical (unpaired) electrons. The van der Waals surface area contributed by atoms with Crippen molar-refractivity contribution in [3.8, 4) is 0 Å². The zero-order valence-corrected chi connectivity index (χ0v) is 10.1. The standard InChI is InChI=1S/C6H4BrClF2N2O2S/c7-3-4(15(11,13)14)2(6(9)10)1-12-5(3)8/h1,6H,(H2,11,13,14). The van der Waals surface area contributed by atoms with Gasteiger partial charge >= 0.3 is 0 Å². The molecule has 4 nitrogen and oxygen atoms in total. The molecule has 1 rings (SSSR count). The second kappa shape index (κ2) is 4.28. The molecule has 84 valence electrons. The lowest BCUT2D eigenvalue weighted by atomic mass is 10.3. The number of primary sulfonamides is 1. The highest BCUT2D eigenvalue weighted by Crippen LogP contribution is 2.34. The number of hydrogen-bond donors (Lipinski definition) is 1. The Morgan fingerprint density at radius 1 is 1.53 bits per heavy atom. The maximum absolute atomic E-state index is 12.4. The predicted octanol–water partition coefficient (Wildman–Crippen LogP) is 2.08. The summed E-state index contributed by atoms with van der Waals surface area (Å²) in [5, 5.41) is 4.54. The first-order chi connectivity index (χ1) is 6.75. The maximum atomic E-state index is 12.4. The summed E-state index contributed by atoms with van der Waals surface area (Å²) in [6.07, 6.45) is -2.32. The molecule has 1 heterocycles. The molecule has 0 unspecified atom stereocenters. The topological polar surface area (TPSA) is 73.1 Å². The first kappa shape index (κ1) is 12.8. The zero-order chi connectivity index (χ0) is 11.8. The van der Waals surface area contributed by atoms with Crippen molar-refractivity contribution in [1.29, 1.82) is 0 Å². The Balaban J connectivity index is 3.65. The SMILES string of the molecule is NS(=O)(=O)c1c(C(F)F)cnc(Cl)c1Br. The van der Waals surface area contributed by atoms with E-state index < -0.39 is 26.9 Å². The number of aromatic nitrogens is 1. The van der Waals surface area contributed by atoms with Crippen LogP contribution in [0.5, 0.6) is 0 Å². The van der Waals surface area contributed by atoms with Crippen LogP contribution in [-0.2, 0) is 10.0 Å². The fourth-order valence-corrected chi connectivity index (χ4v) is 2.93. The summed E-state index contributed by atoms with van der Waals surface area (Å²) in [5.41, 5.74) is -0.784. The van der Waals surface area contributed by atoms with E-state index in [4.69, 9.17) is 16.7 Å². The average molecular weight is 322 g/mol. The van der Waals surface area contributed by atoms with Crippen molar-refractivity contribution in [3.63, 3.8) is 0 Å². The quantitative estimate of drug-likeness (QED) is 0.848. The van der Waals surface area contributed by atoms with Gasteiger partial charge in [0.05, 0.1) is 10.0 Å². The van der Waals surface area contributed by atoms with Gasteiger partial charge in [-0.25, -0.2) is 27.3 Å². The van der Waals surface area contributed by atoms with Crippen LogP contribution in [-0.4, -0.2) is 13.4 Å². The average Bonchev–Trinajstić information content (AvgIpc) is 2.06. The fraction of sp³-hybridized carbons (Fsp3) is 0.167. The molecule has 0 fully saturated rings. The van der Waals surface area contributed by atoms with Crippen molar-refractivity contribution < 1.29 is 17.2 Å². The smallest absolute Gasteiger partial charge is 0.243 e. The lowest BCUT2D eigenvalue weighted by Gasteiger charge is -2.09. The number of nitrogens with two attached hydrogens (primary N) is 1. The van der Waals surface area contributed by atoms with Crippen molar-refractivity contribution in [1.82, 2.24) is 4.98 Å². The molecule has 0 saturated heterocycles. The van der Waals surface area contributed by atoms with E-state index >= 15 is 0 Å². The minimum absolute atomic E-state index is 0.247. The summed E-state index contributed by atoms with van der Waals surface area (Å²) in [4.78, 5) is 2.65. The highest BCUT2D eigenvalue weighted by Gasteiger charge is 2.25. The van der Waals surface area contributed by atoms with Gasteiger partial charge in [-0.3, -0.25) is 0 Å². The van der Waals surface area contributed by atoms with Crippen molar-refractivity contribution >= 4 is 37.6 Å². The van der Waals surface area contributed by atoms with Crippen LogP contribution in [0.4, 0.5) is 8.78 Å². The number of hydrogen-bond acceptors (Lipinski definition) is 3. The van der Waals surface area contributed by atoms with Crippen LogP contribution in [0.1, 0.15) is 12.0 Å². The molecule has 0 amide bonds. The first-order valence-electron chi connectivity index (χ1n) is 3.40. The minimum atomic E-state index is -4.28. The van der Waals surface area contributed by atoms with Gasteiger partial charge in [0, 0.05) is 6.20 Å². The van der Waals surface area contributed by atoms with Crippen LogP contribution in [0.3, 0.4) is 0 Å². The monoisotopic (exact) mass is 320 g/mol. The van der Waals surface area contributed by atoms with Crippen LogP contribution < -0.4 is 5.14 Å². The maximum Gasteiger partial charge on any atom is 0.266 e. The molecular formula is C6H4BrClF2N2O2S. The third kappa shape index (κ3) is 2.63. The summed E-state index contributed by atoms with van der Waals surface area (Å²) in [5.74, 6) is 0. The largest absolute Gasteiger partial charge is 0.266 e. The van der Waals surface area contributed by atoms with Gasteiger partial charge in [-0.05, 0) is 15.9 Å². The van der Waals surface area contributed by atoms with Crippen LogP contribution in [0.25, 0.3) is 0 Å². The molecule has 0 saturated carbocycles. The van der Waals surface area contributed by atoms with E-state index in [1.165, 1.54) is 0 Å². The number of alkyl halides is 2. The summed E-state index contributed by atoms with van der Waals surface area (Å²) in [7, 11) is -4.28. The molecule has 0 bridgehead atoms. The van der Waals surface area contributed by atoms with Gasteiger partial charge in [0.25, 0.3) is 6.43 Å². The second-order valence-electron chi connectivity index (χ2n) is 2.49. The van der Waals surface area contributed by atoms with Gasteiger partial charge in [-0.15, -0.1) is 0 Å². The van der Waals surface area contributed by atoms with E-state index in [1.54, 1.807) is 0 Å². The van der Waals surface area contributed by atoms with Gasteiger partial charge in [0.2, 0.25) is 10.0 Å². The summed E-state index contributed by atoms with van der Waals surface area (Å²) in [6.45, 7) is 0. The molecule has 0 aliphatic carbocycles. The Bertz CT molecular complexity index is 494. The Labute approximate surface area is 97.6 Å². The molecular weight excluding hydrogens is 317 g/mol. The molecule has 0 atom stereocenters.